The van der Waals surface area contributed by atoms with Crippen LogP contribution in [0.25, 0.3) is 0 Å². The van der Waals surface area contributed by atoms with Crippen molar-refractivity contribution in [2.45, 2.75) is 24.9 Å². The second kappa shape index (κ2) is 8.15. The lowest BCUT2D eigenvalue weighted by Gasteiger charge is -2.38. The van der Waals surface area contributed by atoms with Gasteiger partial charge < -0.3 is 14.8 Å². The van der Waals surface area contributed by atoms with Crippen LogP contribution in [0.3, 0.4) is 0 Å². The number of hydrogen-bond donors (Lipinski definition) is 1. The second-order valence-electron chi connectivity index (χ2n) is 6.35. The van der Waals surface area contributed by atoms with E-state index >= 15 is 0 Å². The van der Waals surface area contributed by atoms with Crippen LogP contribution in [0.5, 0.6) is 5.75 Å². The van der Waals surface area contributed by atoms with Gasteiger partial charge in [0.15, 0.2) is 0 Å². The van der Waals surface area contributed by atoms with Gasteiger partial charge in [-0.2, -0.15) is 0 Å². The van der Waals surface area contributed by atoms with Crippen molar-refractivity contribution < 1.29 is 9.47 Å². The van der Waals surface area contributed by atoms with Gasteiger partial charge in [0.1, 0.15) is 5.75 Å². The highest BCUT2D eigenvalue weighted by molar-refractivity contribution is 9.10. The molecule has 2 aromatic rings. The summed E-state index contributed by atoms with van der Waals surface area (Å²) >= 11 is 3.52. The molecule has 0 aliphatic carbocycles. The molecule has 1 aliphatic rings. The summed E-state index contributed by atoms with van der Waals surface area (Å²) in [6, 6.07) is 16.8. The van der Waals surface area contributed by atoms with E-state index in [9.17, 15) is 0 Å². The van der Waals surface area contributed by atoms with Gasteiger partial charge in [0.25, 0.3) is 0 Å². The van der Waals surface area contributed by atoms with Crippen LogP contribution in [-0.2, 0) is 16.8 Å². The van der Waals surface area contributed by atoms with E-state index in [1.807, 2.05) is 12.1 Å². The average molecular weight is 390 g/mol. The fourth-order valence-corrected chi connectivity index (χ4v) is 3.84. The molecule has 1 heterocycles. The molecule has 1 aliphatic heterocycles. The summed E-state index contributed by atoms with van der Waals surface area (Å²) in [5.41, 5.74) is 2.56. The molecule has 3 nitrogen and oxygen atoms in total. The molecule has 0 bridgehead atoms. The first-order chi connectivity index (χ1) is 11.7. The minimum atomic E-state index is 0.103. The van der Waals surface area contributed by atoms with Crippen molar-refractivity contribution in [2.75, 3.05) is 26.8 Å². The number of methoxy groups -OCH3 is 1. The molecule has 1 fully saturated rings. The molecule has 0 aromatic heterocycles. The lowest BCUT2D eigenvalue weighted by molar-refractivity contribution is 0.0555. The zero-order valence-corrected chi connectivity index (χ0v) is 15.6. The molecular weight excluding hydrogens is 366 g/mol. The first-order valence-corrected chi connectivity index (χ1v) is 9.19. The van der Waals surface area contributed by atoms with Crippen molar-refractivity contribution in [3.05, 3.63) is 64.1 Å². The van der Waals surface area contributed by atoms with Crippen molar-refractivity contribution in [1.82, 2.24) is 5.32 Å². The van der Waals surface area contributed by atoms with E-state index in [-0.39, 0.29) is 5.41 Å². The normalized spacial score (nSPS) is 16.8. The molecule has 24 heavy (non-hydrogen) atoms. The molecule has 0 amide bonds. The molecule has 128 valence electrons. The van der Waals surface area contributed by atoms with E-state index in [2.05, 4.69) is 57.6 Å². The van der Waals surface area contributed by atoms with Crippen LogP contribution in [0, 0.1) is 0 Å². The van der Waals surface area contributed by atoms with Crippen LogP contribution in [0.2, 0.25) is 0 Å². The molecule has 1 saturated heterocycles. The summed E-state index contributed by atoms with van der Waals surface area (Å²) in [6.07, 6.45) is 2.21. The Balaban J connectivity index is 1.72. The highest BCUT2D eigenvalue weighted by atomic mass is 79.9. The smallest absolute Gasteiger partial charge is 0.124 e. The number of nitrogens with one attached hydrogen (secondary N) is 1. The van der Waals surface area contributed by atoms with Crippen LogP contribution in [0.1, 0.15) is 24.0 Å². The van der Waals surface area contributed by atoms with Crippen LogP contribution >= 0.6 is 15.9 Å². The average Bonchev–Trinajstić information content (AvgIpc) is 2.63. The van der Waals surface area contributed by atoms with Gasteiger partial charge in [0.2, 0.25) is 0 Å². The second-order valence-corrected chi connectivity index (χ2v) is 7.26. The third-order valence-electron chi connectivity index (χ3n) is 4.83. The van der Waals surface area contributed by atoms with Crippen molar-refractivity contribution >= 4 is 15.9 Å². The number of ether oxygens (including phenoxy) is 2. The Kier molecular flexibility index (Phi) is 5.93. The SMILES string of the molecule is COc1ccc(Br)cc1COCC1(c2ccccc2)CCNCC1. The van der Waals surface area contributed by atoms with E-state index in [0.29, 0.717) is 6.61 Å². The van der Waals surface area contributed by atoms with Crippen LogP contribution in [-0.4, -0.2) is 26.8 Å². The van der Waals surface area contributed by atoms with Crippen LogP contribution in [0.4, 0.5) is 0 Å². The highest BCUT2D eigenvalue weighted by Crippen LogP contribution is 2.34. The van der Waals surface area contributed by atoms with Crippen LogP contribution < -0.4 is 10.1 Å². The number of rotatable bonds is 6. The van der Waals surface area contributed by atoms with E-state index in [1.54, 1.807) is 7.11 Å². The summed E-state index contributed by atoms with van der Waals surface area (Å²) < 4.78 is 12.7. The molecule has 1 N–H and O–H groups in total. The van der Waals surface area contributed by atoms with E-state index in [0.717, 1.165) is 48.3 Å². The van der Waals surface area contributed by atoms with Gasteiger partial charge in [-0.05, 0) is 49.7 Å². The van der Waals surface area contributed by atoms with Gasteiger partial charge >= 0.3 is 0 Å². The van der Waals surface area contributed by atoms with E-state index in [1.165, 1.54) is 5.56 Å². The fraction of sp³-hybridized carbons (Fsp3) is 0.400. The summed E-state index contributed by atoms with van der Waals surface area (Å²) in [6.45, 7) is 3.37. The highest BCUT2D eigenvalue weighted by Gasteiger charge is 2.34. The predicted octanol–water partition coefficient (Wildman–Crippen LogP) is 4.30. The fourth-order valence-electron chi connectivity index (χ4n) is 3.43. The van der Waals surface area contributed by atoms with Crippen LogP contribution in [0.15, 0.2) is 53.0 Å². The first kappa shape index (κ1) is 17.5. The predicted molar refractivity (Wildman–Crippen MR) is 101 cm³/mol. The van der Waals surface area contributed by atoms with Gasteiger partial charge in [-0.25, -0.2) is 0 Å². The molecule has 0 atom stereocenters. The van der Waals surface area contributed by atoms with Crippen molar-refractivity contribution in [3.8, 4) is 5.75 Å². The maximum absolute atomic E-state index is 6.19. The standard InChI is InChI=1S/C20H24BrNO2/c1-23-19-8-7-18(21)13-16(19)14-24-15-20(9-11-22-12-10-20)17-5-3-2-4-6-17/h2-8,13,22H,9-12,14-15H2,1H3. The monoisotopic (exact) mass is 389 g/mol. The minimum Gasteiger partial charge on any atom is -0.496 e. The number of piperidine rings is 1. The number of halogens is 1. The number of hydrogen-bond acceptors (Lipinski definition) is 3. The Morgan fingerprint density at radius 3 is 2.54 bits per heavy atom. The lowest BCUT2D eigenvalue weighted by atomic mass is 9.74. The zero-order chi connectivity index (χ0) is 16.8. The van der Waals surface area contributed by atoms with Gasteiger partial charge in [-0.1, -0.05) is 46.3 Å². The molecule has 0 radical (unpaired) electrons. The maximum Gasteiger partial charge on any atom is 0.124 e. The molecule has 3 rings (SSSR count). The maximum atomic E-state index is 6.19. The molecule has 2 aromatic carbocycles. The summed E-state index contributed by atoms with van der Waals surface area (Å²) in [4.78, 5) is 0. The Hall–Kier alpha value is -1.36. The minimum absolute atomic E-state index is 0.103. The number of benzene rings is 2. The van der Waals surface area contributed by atoms with Gasteiger partial charge in [0.05, 0.1) is 20.3 Å². The summed E-state index contributed by atoms with van der Waals surface area (Å²) in [5, 5.41) is 3.46. The van der Waals surface area contributed by atoms with Gasteiger partial charge in [-0.15, -0.1) is 0 Å². The van der Waals surface area contributed by atoms with Gasteiger partial charge in [0, 0.05) is 15.5 Å². The third kappa shape index (κ3) is 4.00. The van der Waals surface area contributed by atoms with Crippen molar-refractivity contribution in [2.24, 2.45) is 0 Å². The topological polar surface area (TPSA) is 30.5 Å². The van der Waals surface area contributed by atoms with Gasteiger partial charge in [-0.3, -0.25) is 0 Å². The summed E-state index contributed by atoms with van der Waals surface area (Å²) in [5.74, 6) is 0.872. The van der Waals surface area contributed by atoms with E-state index in [4.69, 9.17) is 9.47 Å². The molecule has 0 spiro atoms. The molecular formula is C20H24BrNO2. The van der Waals surface area contributed by atoms with Crippen molar-refractivity contribution in [3.63, 3.8) is 0 Å². The first-order valence-electron chi connectivity index (χ1n) is 8.40. The Bertz CT molecular complexity index is 654. The Labute approximate surface area is 152 Å². The Morgan fingerprint density at radius 1 is 1.08 bits per heavy atom. The lowest BCUT2D eigenvalue weighted by Crippen LogP contribution is -2.43. The largest absolute Gasteiger partial charge is 0.496 e. The third-order valence-corrected chi connectivity index (χ3v) is 5.32. The van der Waals surface area contributed by atoms with E-state index < -0.39 is 0 Å². The zero-order valence-electron chi connectivity index (χ0n) is 14.1. The van der Waals surface area contributed by atoms with Crippen molar-refractivity contribution in [1.29, 1.82) is 0 Å². The molecule has 0 unspecified atom stereocenters. The summed E-state index contributed by atoms with van der Waals surface area (Å²) in [7, 11) is 1.70. The quantitative estimate of drug-likeness (QED) is 0.798. The molecule has 4 heteroatoms. The Morgan fingerprint density at radius 2 is 1.83 bits per heavy atom. The molecule has 0 saturated carbocycles.